The van der Waals surface area contributed by atoms with E-state index >= 15 is 0 Å². The average molecular weight is 441 g/mol. The molecule has 2 aliphatic rings. The molecule has 0 spiro atoms. The number of hydrogen-bond acceptors (Lipinski definition) is 3. The van der Waals surface area contributed by atoms with Crippen molar-refractivity contribution in [2.75, 3.05) is 39.3 Å². The van der Waals surface area contributed by atoms with E-state index < -0.39 is 12.7 Å². The summed E-state index contributed by atoms with van der Waals surface area (Å²) < 4.78 is 37.7. The molecule has 1 saturated heterocycles. The standard InChI is InChI=1S/C23H35F3N4O/c1-22(2,3)20(15-29-11-9-18-6-4-5-7-19(18)14-29)28-21(31)27-12-17-8-10-30(13-17)16-23(24,25)26/h4-7,17,20H,8-16H2,1-3H3,(H2,27,28,31)/t17-,20-/m1/s1. The number of fused-ring (bicyclic) bond motifs is 1. The summed E-state index contributed by atoms with van der Waals surface area (Å²) in [4.78, 5) is 16.4. The van der Waals surface area contributed by atoms with Crippen LogP contribution in [0.15, 0.2) is 24.3 Å². The predicted molar refractivity (Wildman–Crippen MR) is 116 cm³/mol. The molecule has 0 saturated carbocycles. The summed E-state index contributed by atoms with van der Waals surface area (Å²) in [5.41, 5.74) is 2.62. The van der Waals surface area contributed by atoms with Crippen LogP contribution in [0.4, 0.5) is 18.0 Å². The van der Waals surface area contributed by atoms with Crippen LogP contribution in [0.25, 0.3) is 0 Å². The van der Waals surface area contributed by atoms with E-state index in [0.717, 1.165) is 26.1 Å². The van der Waals surface area contributed by atoms with Crippen LogP contribution < -0.4 is 10.6 Å². The normalized spacial score (nSPS) is 21.5. The van der Waals surface area contributed by atoms with Gasteiger partial charge in [0.05, 0.1) is 6.54 Å². The van der Waals surface area contributed by atoms with Gasteiger partial charge in [-0.2, -0.15) is 13.2 Å². The van der Waals surface area contributed by atoms with Gasteiger partial charge in [-0.15, -0.1) is 0 Å². The van der Waals surface area contributed by atoms with Gasteiger partial charge in [0.2, 0.25) is 0 Å². The summed E-state index contributed by atoms with van der Waals surface area (Å²) in [5, 5.41) is 6.00. The monoisotopic (exact) mass is 440 g/mol. The molecule has 174 valence electrons. The zero-order valence-corrected chi connectivity index (χ0v) is 18.8. The van der Waals surface area contributed by atoms with Crippen LogP contribution in [-0.2, 0) is 13.0 Å². The van der Waals surface area contributed by atoms with Gasteiger partial charge in [-0.25, -0.2) is 4.79 Å². The highest BCUT2D eigenvalue weighted by Crippen LogP contribution is 2.25. The molecule has 8 heteroatoms. The Morgan fingerprint density at radius 3 is 2.52 bits per heavy atom. The Balaban J connectivity index is 1.47. The Morgan fingerprint density at radius 2 is 1.84 bits per heavy atom. The number of benzene rings is 1. The zero-order valence-electron chi connectivity index (χ0n) is 18.8. The molecule has 2 aliphatic heterocycles. The number of alkyl halides is 3. The molecule has 2 N–H and O–H groups in total. The third-order valence-electron chi connectivity index (χ3n) is 6.33. The first-order valence-corrected chi connectivity index (χ1v) is 11.1. The summed E-state index contributed by atoms with van der Waals surface area (Å²) in [6, 6.07) is 8.20. The van der Waals surface area contributed by atoms with E-state index in [4.69, 9.17) is 0 Å². The molecule has 0 bridgehead atoms. The summed E-state index contributed by atoms with van der Waals surface area (Å²) in [6.07, 6.45) is -2.49. The van der Waals surface area contributed by atoms with Crippen molar-refractivity contribution in [1.82, 2.24) is 20.4 Å². The second kappa shape index (κ2) is 9.77. The van der Waals surface area contributed by atoms with Gasteiger partial charge in [0.15, 0.2) is 0 Å². The van der Waals surface area contributed by atoms with Crippen LogP contribution in [0.1, 0.15) is 38.3 Å². The van der Waals surface area contributed by atoms with Crippen molar-refractivity contribution >= 4 is 6.03 Å². The third-order valence-corrected chi connectivity index (χ3v) is 6.33. The van der Waals surface area contributed by atoms with Gasteiger partial charge < -0.3 is 10.6 Å². The summed E-state index contributed by atoms with van der Waals surface area (Å²) >= 11 is 0. The van der Waals surface area contributed by atoms with E-state index in [0.29, 0.717) is 26.1 Å². The number of likely N-dealkylation sites (tertiary alicyclic amines) is 1. The minimum absolute atomic E-state index is 0.0388. The van der Waals surface area contributed by atoms with E-state index in [1.165, 1.54) is 16.0 Å². The Morgan fingerprint density at radius 1 is 1.13 bits per heavy atom. The third kappa shape index (κ3) is 7.38. The predicted octanol–water partition coefficient (Wildman–Crippen LogP) is 3.64. The number of hydrogen-bond donors (Lipinski definition) is 2. The fourth-order valence-corrected chi connectivity index (χ4v) is 4.43. The first kappa shape index (κ1) is 23.9. The van der Waals surface area contributed by atoms with Crippen LogP contribution in [-0.4, -0.2) is 67.3 Å². The molecule has 0 unspecified atom stereocenters. The number of halogens is 3. The number of amides is 2. The van der Waals surface area contributed by atoms with E-state index in [1.54, 1.807) is 0 Å². The van der Waals surface area contributed by atoms with Crippen molar-refractivity contribution in [2.24, 2.45) is 11.3 Å². The topological polar surface area (TPSA) is 47.6 Å². The lowest BCUT2D eigenvalue weighted by Crippen LogP contribution is -2.54. The quantitative estimate of drug-likeness (QED) is 0.710. The van der Waals surface area contributed by atoms with Gasteiger partial charge in [0.1, 0.15) is 0 Å². The van der Waals surface area contributed by atoms with Crippen LogP contribution in [0, 0.1) is 11.3 Å². The Kier molecular flexibility index (Phi) is 7.52. The molecular weight excluding hydrogens is 405 g/mol. The van der Waals surface area contributed by atoms with Gasteiger partial charge in [-0.3, -0.25) is 9.80 Å². The lowest BCUT2D eigenvalue weighted by atomic mass is 9.86. The molecule has 0 radical (unpaired) electrons. The molecule has 3 rings (SSSR count). The second-order valence-corrected chi connectivity index (χ2v) is 10.0. The molecule has 0 aliphatic carbocycles. The van der Waals surface area contributed by atoms with Crippen molar-refractivity contribution in [3.05, 3.63) is 35.4 Å². The first-order valence-electron chi connectivity index (χ1n) is 11.1. The van der Waals surface area contributed by atoms with Gasteiger partial charge in [0, 0.05) is 38.8 Å². The average Bonchev–Trinajstić information content (AvgIpc) is 3.10. The minimum Gasteiger partial charge on any atom is -0.338 e. The van der Waals surface area contributed by atoms with E-state index in [9.17, 15) is 18.0 Å². The Bertz CT molecular complexity index is 747. The van der Waals surface area contributed by atoms with Gasteiger partial charge in [-0.05, 0) is 41.8 Å². The number of urea groups is 1. The second-order valence-electron chi connectivity index (χ2n) is 10.0. The summed E-state index contributed by atoms with van der Waals surface area (Å²) in [5.74, 6) is 0.0554. The fourth-order valence-electron chi connectivity index (χ4n) is 4.43. The number of carbonyl (C=O) groups is 1. The van der Waals surface area contributed by atoms with Gasteiger partial charge in [0.25, 0.3) is 0 Å². The number of carbonyl (C=O) groups excluding carboxylic acids is 1. The summed E-state index contributed by atoms with van der Waals surface area (Å²) in [7, 11) is 0. The summed E-state index contributed by atoms with van der Waals surface area (Å²) in [6.45, 7) is 9.26. The zero-order chi connectivity index (χ0) is 22.6. The number of nitrogens with zero attached hydrogens (tertiary/aromatic N) is 2. The molecular formula is C23H35F3N4O. The van der Waals surface area contributed by atoms with Crippen molar-refractivity contribution in [2.45, 2.75) is 52.4 Å². The highest BCUT2D eigenvalue weighted by Gasteiger charge is 2.34. The van der Waals surface area contributed by atoms with Gasteiger partial charge in [-0.1, -0.05) is 45.0 Å². The van der Waals surface area contributed by atoms with Crippen molar-refractivity contribution in [1.29, 1.82) is 0 Å². The van der Waals surface area contributed by atoms with Crippen molar-refractivity contribution in [3.8, 4) is 0 Å². The highest BCUT2D eigenvalue weighted by atomic mass is 19.4. The molecule has 2 amide bonds. The van der Waals surface area contributed by atoms with Gasteiger partial charge >= 0.3 is 12.2 Å². The largest absolute Gasteiger partial charge is 0.401 e. The maximum Gasteiger partial charge on any atom is 0.401 e. The van der Waals surface area contributed by atoms with E-state index in [2.05, 4.69) is 60.6 Å². The van der Waals surface area contributed by atoms with Crippen LogP contribution in [0.5, 0.6) is 0 Å². The Hall–Kier alpha value is -1.80. The maximum absolute atomic E-state index is 12.6. The van der Waals surface area contributed by atoms with Crippen molar-refractivity contribution in [3.63, 3.8) is 0 Å². The van der Waals surface area contributed by atoms with E-state index in [1.807, 2.05) is 0 Å². The molecule has 31 heavy (non-hydrogen) atoms. The molecule has 1 aromatic rings. The SMILES string of the molecule is CC(C)(C)[C@@H](CN1CCc2ccccc2C1)NC(=O)NC[C@H]1CCN(CC(F)(F)F)C1. The number of nitrogens with one attached hydrogen (secondary N) is 2. The van der Waals surface area contributed by atoms with Crippen LogP contribution in [0.2, 0.25) is 0 Å². The highest BCUT2D eigenvalue weighted by molar-refractivity contribution is 5.74. The molecule has 1 aromatic carbocycles. The molecule has 2 heterocycles. The lowest BCUT2D eigenvalue weighted by molar-refractivity contribution is -0.143. The Labute approximate surface area is 183 Å². The molecule has 0 aromatic heterocycles. The van der Waals surface area contributed by atoms with Crippen molar-refractivity contribution < 1.29 is 18.0 Å². The molecule has 5 nitrogen and oxygen atoms in total. The lowest BCUT2D eigenvalue weighted by Gasteiger charge is -2.38. The fraction of sp³-hybridized carbons (Fsp3) is 0.696. The minimum atomic E-state index is -4.17. The maximum atomic E-state index is 12.6. The van der Waals surface area contributed by atoms with Crippen LogP contribution in [0.3, 0.4) is 0 Å². The van der Waals surface area contributed by atoms with E-state index in [-0.39, 0.29) is 23.4 Å². The first-order chi connectivity index (χ1) is 14.5. The molecule has 1 fully saturated rings. The van der Waals surface area contributed by atoms with Crippen LogP contribution >= 0.6 is 0 Å². The molecule has 2 atom stereocenters. The number of rotatable bonds is 6. The smallest absolute Gasteiger partial charge is 0.338 e.